The fraction of sp³-hybridized carbons (Fsp3) is 0. The van der Waals surface area contributed by atoms with E-state index in [0.717, 1.165) is 0 Å². The van der Waals surface area contributed by atoms with Crippen LogP contribution in [0.5, 0.6) is 0 Å². The van der Waals surface area contributed by atoms with Crippen molar-refractivity contribution in [3.05, 3.63) is 0 Å². The zero-order chi connectivity index (χ0) is 18.0. The molecule has 0 N–H and O–H groups in total. The summed E-state index contributed by atoms with van der Waals surface area (Å²) in [7, 11) is -21.6. The maximum atomic E-state index is 8.55. The second kappa shape index (κ2) is 32.3. The molecule has 0 atom stereocenters. The Labute approximate surface area is 233 Å². The van der Waals surface area contributed by atoms with Crippen LogP contribution in [-0.4, -0.2) is 8.41 Å². The Bertz CT molecular complexity index is 326. The van der Waals surface area contributed by atoms with Gasteiger partial charge in [0.2, 0.25) is 0 Å². The Balaban J connectivity index is -0.00000000853. The molecule has 0 aliphatic heterocycles. The van der Waals surface area contributed by atoms with Crippen LogP contribution in [0, 0.1) is 0 Å². The van der Waals surface area contributed by atoms with Crippen LogP contribution >= 0.6 is 31.3 Å². The largest absolute Gasteiger partial charge is 2.00 e. The topological polar surface area (TPSA) is 345 Å². The van der Waals surface area contributed by atoms with Crippen LogP contribution in [0.1, 0.15) is 4.28 Å². The van der Waals surface area contributed by atoms with E-state index in [2.05, 4.69) is 0 Å². The molecule has 27 heavy (non-hydrogen) atoms. The van der Waals surface area contributed by atoms with Crippen molar-refractivity contribution in [1.82, 2.24) is 0 Å². The molecule has 0 saturated carbocycles. The molecule has 0 heterocycles. The molecule has 16 nitrogen and oxygen atoms in total. The first kappa shape index (κ1) is 69.7. The van der Waals surface area contributed by atoms with E-state index >= 15 is 0 Å². The van der Waals surface area contributed by atoms with Gasteiger partial charge in [-0.3, -0.25) is 0 Å². The summed E-state index contributed by atoms with van der Waals surface area (Å²) in [6.45, 7) is 0. The van der Waals surface area contributed by atoms with Crippen molar-refractivity contribution in [1.29, 1.82) is 0 Å². The van der Waals surface area contributed by atoms with Crippen LogP contribution in [0.15, 0.2) is 0 Å². The molecule has 0 rings (SSSR count). The van der Waals surface area contributed by atoms with E-state index in [1.165, 1.54) is 0 Å². The molecular formula is H6BLi3O16P4Zn3. The first-order valence-electron chi connectivity index (χ1n) is 2.92. The summed E-state index contributed by atoms with van der Waals surface area (Å²) in [6.07, 6.45) is 0. The molecule has 0 fully saturated rings. The molecule has 0 spiro atoms. The standard InChI is InChI=1S/BH3.3Li.4H3O4P.3Zn/c;;;;4*1-5(2,3)4;;;/h1H3;;;;4*(H3,1,2,3,4);;;/q;3*+1;;;;;3*+2/p-9. The first-order valence-corrected chi connectivity index (χ1v) is 8.76. The molecule has 0 radical (unpaired) electrons. The maximum Gasteiger partial charge on any atom is 2.00 e. The molecule has 0 aliphatic rings. The van der Waals surface area contributed by atoms with Gasteiger partial charge in [0, 0.05) is 0 Å². The van der Waals surface area contributed by atoms with Gasteiger partial charge in [-0.2, -0.15) is 31.3 Å². The summed E-state index contributed by atoms with van der Waals surface area (Å²) in [5.41, 5.74) is 0. The van der Waals surface area contributed by atoms with Gasteiger partial charge in [0.1, 0.15) is 0 Å². The number of rotatable bonds is 0. The Morgan fingerprint density at radius 3 is 0.370 bits per heavy atom. The van der Waals surface area contributed by atoms with Crippen LogP contribution in [0.4, 0.5) is 0 Å². The zero-order valence-electron chi connectivity index (χ0n) is 16.4. The summed E-state index contributed by atoms with van der Waals surface area (Å²) in [5.74, 6) is 0. The Kier molecular flexibility index (Phi) is 83.6. The van der Waals surface area contributed by atoms with E-state index in [4.69, 9.17) is 77.0 Å². The zero-order valence-corrected chi connectivity index (χ0v) is 25.9. The number of hydrogen-bond donors (Lipinski definition) is 0. The van der Waals surface area contributed by atoms with Gasteiger partial charge < -0.3 is 77.0 Å². The van der Waals surface area contributed by atoms with Crippen molar-refractivity contribution < 1.29 is 196 Å². The summed E-state index contributed by atoms with van der Waals surface area (Å²) in [5, 5.41) is 0. The molecule has 0 aromatic rings. The normalized spacial score (nSPS) is 8.74. The summed E-state index contributed by atoms with van der Waals surface area (Å²) < 4.78 is 34.2. The third-order valence-corrected chi connectivity index (χ3v) is 0. The molecule has 27 heteroatoms. The summed E-state index contributed by atoms with van der Waals surface area (Å²) >= 11 is 0. The van der Waals surface area contributed by atoms with Crippen molar-refractivity contribution in [3.8, 4) is 0 Å². The quantitative estimate of drug-likeness (QED) is 0.181. The van der Waals surface area contributed by atoms with Crippen molar-refractivity contribution in [2.24, 2.45) is 0 Å². The monoisotopic (exact) mass is 610 g/mol. The van der Waals surface area contributed by atoms with Crippen LogP contribution in [0.3, 0.4) is 0 Å². The predicted octanol–water partition coefficient (Wildman–Crippen LogP) is -21.1. The molecule has 0 saturated heterocycles. The molecule has 134 valence electrons. The van der Waals surface area contributed by atoms with Gasteiger partial charge in [0.25, 0.3) is 0 Å². The maximum absolute atomic E-state index is 8.55. The van der Waals surface area contributed by atoms with E-state index in [1.807, 2.05) is 0 Å². The minimum absolute atomic E-state index is 0. The minimum atomic E-state index is -5.39. The first-order chi connectivity index (χ1) is 8.00. The van der Waals surface area contributed by atoms with Crippen LogP contribution < -0.4 is 115 Å². The molecule has 0 amide bonds. The smallest absolute Gasteiger partial charge is 0.822 e. The Hall–Kier alpha value is 4.17. The van der Waals surface area contributed by atoms with Gasteiger partial charge in [-0.25, -0.2) is 0 Å². The summed E-state index contributed by atoms with van der Waals surface area (Å²) in [6, 6.07) is 0. The molecular weight excluding hydrogens is 608 g/mol. The molecule has 0 bridgehead atoms. The van der Waals surface area contributed by atoms with E-state index in [1.54, 1.807) is 0 Å². The average Bonchev–Trinajstić information content (AvgIpc) is 1.62. The van der Waals surface area contributed by atoms with Gasteiger partial charge in [-0.1, -0.05) is 0 Å². The summed E-state index contributed by atoms with van der Waals surface area (Å²) in [4.78, 5) is 103. The molecule has 0 aliphatic carbocycles. The van der Waals surface area contributed by atoms with E-state index < -0.39 is 31.3 Å². The third kappa shape index (κ3) is 1380. The van der Waals surface area contributed by atoms with Crippen molar-refractivity contribution >= 4 is 39.7 Å². The molecule has 0 unspecified atom stereocenters. The minimum Gasteiger partial charge on any atom is -0.822 e. The van der Waals surface area contributed by atoms with Gasteiger partial charge in [-0.05, 0) is 0 Å². The van der Waals surface area contributed by atoms with Gasteiger partial charge in [0.05, 0.1) is 8.41 Å². The van der Waals surface area contributed by atoms with Crippen molar-refractivity contribution in [3.63, 3.8) is 0 Å². The molecule has 0 aromatic heterocycles. The number of phosphoric acid groups is 4. The van der Waals surface area contributed by atoms with E-state index in [-0.39, 0.29) is 128 Å². The van der Waals surface area contributed by atoms with Crippen molar-refractivity contribution in [2.75, 3.05) is 0 Å². The SMILES string of the molecule is B.O=P([O-])([O-])[O-].O=P([O-])([O-])[O-].O=P([O-])([O-])[O-].O=P([O-])([O-])[O-].[H+].[H+].[H+].[Li+].[Li+].[Li+].[Zn+2].[Zn+2].[Zn+2]. The second-order valence-corrected chi connectivity index (χ2v) is 5.37. The number of hydrogen-bond acceptors (Lipinski definition) is 16. The van der Waals surface area contributed by atoms with Crippen LogP contribution in [0.25, 0.3) is 0 Å². The fourth-order valence-corrected chi connectivity index (χ4v) is 0. The van der Waals surface area contributed by atoms with E-state index in [0.29, 0.717) is 0 Å². The van der Waals surface area contributed by atoms with Gasteiger partial charge in [-0.15, -0.1) is 0 Å². The average molecular weight is 614 g/mol. The van der Waals surface area contributed by atoms with Gasteiger partial charge in [0.15, 0.2) is 0 Å². The second-order valence-electron chi connectivity index (χ2n) is 1.79. The van der Waals surface area contributed by atoms with Gasteiger partial charge >= 0.3 is 119 Å². The van der Waals surface area contributed by atoms with Crippen LogP contribution in [-0.2, 0) is 76.7 Å². The Morgan fingerprint density at radius 1 is 0.370 bits per heavy atom. The predicted molar refractivity (Wildman–Crippen MR) is 43.7 cm³/mol. The fourth-order valence-electron chi connectivity index (χ4n) is 0. The van der Waals surface area contributed by atoms with Crippen LogP contribution in [0.2, 0.25) is 0 Å². The van der Waals surface area contributed by atoms with E-state index in [9.17, 15) is 0 Å². The third-order valence-electron chi connectivity index (χ3n) is 0. The Morgan fingerprint density at radius 2 is 0.370 bits per heavy atom. The van der Waals surface area contributed by atoms with Crippen molar-refractivity contribution in [2.45, 2.75) is 0 Å². The molecule has 0 aromatic carbocycles.